The fourth-order valence-electron chi connectivity index (χ4n) is 3.74. The molecule has 3 aromatic rings. The van der Waals surface area contributed by atoms with Crippen molar-refractivity contribution in [3.8, 4) is 0 Å². The van der Waals surface area contributed by atoms with Crippen LogP contribution in [0.1, 0.15) is 32.4 Å². The highest BCUT2D eigenvalue weighted by Crippen LogP contribution is 2.46. The maximum atomic E-state index is 13.3. The molecule has 0 N–H and O–H groups in total. The second-order valence-electron chi connectivity index (χ2n) is 6.16. The van der Waals surface area contributed by atoms with Gasteiger partial charge in [0, 0.05) is 16.8 Å². The van der Waals surface area contributed by atoms with Crippen LogP contribution in [-0.4, -0.2) is 11.8 Å². The van der Waals surface area contributed by atoms with Gasteiger partial charge in [0.2, 0.25) is 0 Å². The van der Waals surface area contributed by atoms with Gasteiger partial charge in [0.05, 0.1) is 11.3 Å². The second-order valence-corrected chi connectivity index (χ2v) is 6.16. The highest BCUT2D eigenvalue weighted by Gasteiger charge is 2.48. The molecule has 0 spiro atoms. The number of carbonyl (C=O) groups is 2. The molecule has 0 aliphatic carbocycles. The number of rotatable bonds is 1. The first-order valence-electron chi connectivity index (χ1n) is 8.17. The first-order valence-corrected chi connectivity index (χ1v) is 8.17. The Labute approximate surface area is 144 Å². The van der Waals surface area contributed by atoms with Gasteiger partial charge in [-0.1, -0.05) is 48.5 Å². The topological polar surface area (TPSA) is 40.6 Å². The molecule has 0 radical (unpaired) electrons. The maximum absolute atomic E-state index is 13.3. The molecule has 0 saturated carbocycles. The molecule has 0 saturated heterocycles. The van der Waals surface area contributed by atoms with Gasteiger partial charge in [-0.25, -0.2) is 0 Å². The molecule has 4 nitrogen and oxygen atoms in total. The van der Waals surface area contributed by atoms with Crippen molar-refractivity contribution in [3.63, 3.8) is 0 Å². The van der Waals surface area contributed by atoms with Crippen LogP contribution in [0.2, 0.25) is 0 Å². The van der Waals surface area contributed by atoms with E-state index in [9.17, 15) is 9.59 Å². The average Bonchev–Trinajstić information content (AvgIpc) is 2.96. The Hall–Kier alpha value is -3.40. The fourth-order valence-corrected chi connectivity index (χ4v) is 3.74. The molecule has 0 aromatic heterocycles. The van der Waals surface area contributed by atoms with Gasteiger partial charge in [-0.15, -0.1) is 0 Å². The summed E-state index contributed by atoms with van der Waals surface area (Å²) in [7, 11) is 0. The number of amides is 2. The van der Waals surface area contributed by atoms with Gasteiger partial charge in [-0.2, -0.15) is 0 Å². The van der Waals surface area contributed by atoms with Crippen molar-refractivity contribution in [2.24, 2.45) is 0 Å². The molecule has 2 aliphatic heterocycles. The Bertz CT molecular complexity index is 1010. The third-order valence-electron chi connectivity index (χ3n) is 4.82. The lowest BCUT2D eigenvalue weighted by molar-refractivity contribution is 0.0949. The summed E-state index contributed by atoms with van der Waals surface area (Å²) in [6.45, 7) is 0. The largest absolute Gasteiger partial charge is 0.283 e. The summed E-state index contributed by atoms with van der Waals surface area (Å²) >= 11 is 0. The van der Waals surface area contributed by atoms with Crippen LogP contribution < -0.4 is 9.80 Å². The Morgan fingerprint density at radius 1 is 0.600 bits per heavy atom. The predicted molar refractivity (Wildman–Crippen MR) is 95.7 cm³/mol. The molecule has 3 aromatic carbocycles. The molecule has 5 rings (SSSR count). The summed E-state index contributed by atoms with van der Waals surface area (Å²) in [5.74, 6) is -0.158. The molecule has 0 fully saturated rings. The summed E-state index contributed by atoms with van der Waals surface area (Å²) < 4.78 is 0. The number of para-hydroxylation sites is 2. The van der Waals surface area contributed by atoms with Gasteiger partial charge in [0.1, 0.15) is 6.17 Å². The summed E-state index contributed by atoms with van der Waals surface area (Å²) in [5, 5.41) is 0. The molecule has 2 heterocycles. The van der Waals surface area contributed by atoms with Gasteiger partial charge in [-0.05, 0) is 30.3 Å². The van der Waals surface area contributed by atoms with E-state index in [1.807, 2.05) is 72.8 Å². The van der Waals surface area contributed by atoms with Crippen LogP contribution in [0.5, 0.6) is 0 Å². The SMILES string of the molecule is O=C1c2ccccc2N2C(=O)c3ccccc3[C@@H]2N1c1ccccc1. The molecule has 0 unspecified atom stereocenters. The van der Waals surface area contributed by atoms with E-state index in [4.69, 9.17) is 0 Å². The molecule has 4 heteroatoms. The van der Waals surface area contributed by atoms with Crippen LogP contribution in [0, 0.1) is 0 Å². The number of hydrogen-bond acceptors (Lipinski definition) is 2. The number of fused-ring (bicyclic) bond motifs is 5. The Balaban J connectivity index is 1.81. The van der Waals surface area contributed by atoms with Crippen molar-refractivity contribution in [3.05, 3.63) is 95.6 Å². The monoisotopic (exact) mass is 326 g/mol. The summed E-state index contributed by atoms with van der Waals surface area (Å²) in [6, 6.07) is 24.3. The van der Waals surface area contributed by atoms with Crippen LogP contribution in [-0.2, 0) is 0 Å². The van der Waals surface area contributed by atoms with Crippen LogP contribution in [0.15, 0.2) is 78.9 Å². The van der Waals surface area contributed by atoms with E-state index in [1.165, 1.54) is 0 Å². The third kappa shape index (κ3) is 1.82. The van der Waals surface area contributed by atoms with Crippen molar-refractivity contribution >= 4 is 23.2 Å². The number of anilines is 2. The zero-order valence-electron chi connectivity index (χ0n) is 13.3. The van der Waals surface area contributed by atoms with E-state index in [0.29, 0.717) is 16.8 Å². The first kappa shape index (κ1) is 14.0. The molecule has 120 valence electrons. The number of benzene rings is 3. The van der Waals surface area contributed by atoms with Gasteiger partial charge < -0.3 is 0 Å². The highest BCUT2D eigenvalue weighted by atomic mass is 16.2. The standard InChI is InChI=1S/C21H14N2O2/c24-20-16-11-5-4-10-15(16)19-22(14-8-2-1-3-9-14)21(25)17-12-6-7-13-18(17)23(19)20/h1-13,19H/t19-/m1/s1. The second kappa shape index (κ2) is 5.05. The maximum Gasteiger partial charge on any atom is 0.262 e. The van der Waals surface area contributed by atoms with Crippen molar-refractivity contribution < 1.29 is 9.59 Å². The van der Waals surface area contributed by atoms with Crippen molar-refractivity contribution in [2.45, 2.75) is 6.17 Å². The van der Waals surface area contributed by atoms with E-state index >= 15 is 0 Å². The predicted octanol–water partition coefficient (Wildman–Crippen LogP) is 4.01. The molecule has 2 amide bonds. The van der Waals surface area contributed by atoms with Crippen LogP contribution in [0.25, 0.3) is 0 Å². The number of nitrogens with zero attached hydrogens (tertiary/aromatic N) is 2. The van der Waals surface area contributed by atoms with Crippen molar-refractivity contribution in [2.75, 3.05) is 9.80 Å². The van der Waals surface area contributed by atoms with Crippen molar-refractivity contribution in [1.29, 1.82) is 0 Å². The quantitative estimate of drug-likeness (QED) is 0.678. The lowest BCUT2D eigenvalue weighted by atomic mass is 10.0. The zero-order valence-corrected chi connectivity index (χ0v) is 13.3. The summed E-state index contributed by atoms with van der Waals surface area (Å²) in [5.41, 5.74) is 3.51. The van der Waals surface area contributed by atoms with Gasteiger partial charge in [0.25, 0.3) is 11.8 Å². The minimum absolute atomic E-state index is 0.0681. The van der Waals surface area contributed by atoms with E-state index in [0.717, 1.165) is 11.3 Å². The van der Waals surface area contributed by atoms with Gasteiger partial charge in [-0.3, -0.25) is 19.4 Å². The molecule has 2 aliphatic rings. The normalized spacial score (nSPS) is 18.0. The highest BCUT2D eigenvalue weighted by molar-refractivity contribution is 6.21. The summed E-state index contributed by atoms with van der Waals surface area (Å²) in [6.07, 6.45) is -0.450. The van der Waals surface area contributed by atoms with Crippen LogP contribution in [0.3, 0.4) is 0 Å². The van der Waals surface area contributed by atoms with E-state index < -0.39 is 6.17 Å². The van der Waals surface area contributed by atoms with Crippen molar-refractivity contribution in [1.82, 2.24) is 0 Å². The molecule has 0 bridgehead atoms. The number of carbonyl (C=O) groups excluding carboxylic acids is 2. The van der Waals surface area contributed by atoms with E-state index in [-0.39, 0.29) is 11.8 Å². The number of hydrogen-bond donors (Lipinski definition) is 0. The third-order valence-corrected chi connectivity index (χ3v) is 4.82. The van der Waals surface area contributed by atoms with Gasteiger partial charge >= 0.3 is 0 Å². The molecule has 1 atom stereocenters. The van der Waals surface area contributed by atoms with E-state index in [1.54, 1.807) is 15.9 Å². The minimum atomic E-state index is -0.450. The van der Waals surface area contributed by atoms with Crippen LogP contribution in [0.4, 0.5) is 11.4 Å². The molecular weight excluding hydrogens is 312 g/mol. The molecule has 25 heavy (non-hydrogen) atoms. The minimum Gasteiger partial charge on any atom is -0.283 e. The lowest BCUT2D eigenvalue weighted by Gasteiger charge is -2.40. The van der Waals surface area contributed by atoms with Crippen LogP contribution >= 0.6 is 0 Å². The lowest BCUT2D eigenvalue weighted by Crippen LogP contribution is -2.48. The molecular formula is C21H14N2O2. The average molecular weight is 326 g/mol. The van der Waals surface area contributed by atoms with E-state index in [2.05, 4.69) is 0 Å². The summed E-state index contributed by atoms with van der Waals surface area (Å²) in [4.78, 5) is 29.8. The first-order chi connectivity index (χ1) is 12.3. The Morgan fingerprint density at radius 3 is 2.00 bits per heavy atom. The Morgan fingerprint density at radius 2 is 1.20 bits per heavy atom. The smallest absolute Gasteiger partial charge is 0.262 e. The fraction of sp³-hybridized carbons (Fsp3) is 0.0476. The zero-order chi connectivity index (χ0) is 17.0. The Kier molecular flexibility index (Phi) is 2.82. The van der Waals surface area contributed by atoms with Gasteiger partial charge in [0.15, 0.2) is 0 Å².